The second-order valence-electron chi connectivity index (χ2n) is 6.41. The van der Waals surface area contributed by atoms with Gasteiger partial charge in [0.2, 0.25) is 15.9 Å². The number of rotatable bonds is 9. The van der Waals surface area contributed by atoms with Gasteiger partial charge in [-0.3, -0.25) is 9.10 Å². The van der Waals surface area contributed by atoms with Crippen molar-refractivity contribution in [3.63, 3.8) is 0 Å². The Balaban J connectivity index is 2.02. The Hall–Kier alpha value is -2.61. The van der Waals surface area contributed by atoms with E-state index in [1.807, 2.05) is 6.92 Å². The summed E-state index contributed by atoms with van der Waals surface area (Å²) in [5.74, 6) is -0.278. The highest BCUT2D eigenvalue weighted by atomic mass is 32.2. The summed E-state index contributed by atoms with van der Waals surface area (Å²) in [4.78, 5) is 12.6. The molecule has 152 valence electrons. The lowest BCUT2D eigenvalue weighted by atomic mass is 10.1. The van der Waals surface area contributed by atoms with Crippen molar-refractivity contribution in [2.75, 3.05) is 23.7 Å². The van der Waals surface area contributed by atoms with Gasteiger partial charge >= 0.3 is 0 Å². The van der Waals surface area contributed by atoms with Crippen LogP contribution in [0.5, 0.6) is 5.75 Å². The summed E-state index contributed by atoms with van der Waals surface area (Å²) in [6, 6.07) is 11.7. The van der Waals surface area contributed by atoms with Crippen LogP contribution in [0.2, 0.25) is 0 Å². The van der Waals surface area contributed by atoms with Crippen LogP contribution in [0.15, 0.2) is 48.5 Å². The van der Waals surface area contributed by atoms with Crippen molar-refractivity contribution < 1.29 is 22.3 Å². The SMILES string of the molecule is CC[C@H](C(=O)NCCOc1ccc(F)cc1)N(c1ccc(C)cc1)S(C)(=O)=O. The number of hydrogen-bond acceptors (Lipinski definition) is 4. The Morgan fingerprint density at radius 3 is 2.29 bits per heavy atom. The van der Waals surface area contributed by atoms with Gasteiger partial charge in [0.25, 0.3) is 0 Å². The summed E-state index contributed by atoms with van der Waals surface area (Å²) in [5, 5.41) is 2.70. The van der Waals surface area contributed by atoms with Crippen LogP contribution < -0.4 is 14.4 Å². The number of halogens is 1. The number of sulfonamides is 1. The maximum absolute atomic E-state index is 12.9. The predicted molar refractivity (Wildman–Crippen MR) is 107 cm³/mol. The van der Waals surface area contributed by atoms with E-state index < -0.39 is 22.0 Å². The fraction of sp³-hybridized carbons (Fsp3) is 0.350. The molecule has 0 aliphatic heterocycles. The molecular weight excluding hydrogens is 383 g/mol. The Labute approximate surface area is 165 Å². The second-order valence-corrected chi connectivity index (χ2v) is 8.27. The van der Waals surface area contributed by atoms with E-state index in [0.29, 0.717) is 17.9 Å². The molecule has 6 nitrogen and oxygen atoms in total. The minimum absolute atomic E-state index is 0.178. The van der Waals surface area contributed by atoms with Crippen LogP contribution in [0.1, 0.15) is 18.9 Å². The average Bonchev–Trinajstić information content (AvgIpc) is 2.64. The van der Waals surface area contributed by atoms with Crippen molar-refractivity contribution in [1.82, 2.24) is 5.32 Å². The molecule has 0 bridgehead atoms. The summed E-state index contributed by atoms with van der Waals surface area (Å²) in [6.07, 6.45) is 1.39. The van der Waals surface area contributed by atoms with Crippen LogP contribution in [-0.2, 0) is 14.8 Å². The molecule has 0 fully saturated rings. The van der Waals surface area contributed by atoms with E-state index in [4.69, 9.17) is 4.74 Å². The van der Waals surface area contributed by atoms with Crippen molar-refractivity contribution in [2.24, 2.45) is 0 Å². The van der Waals surface area contributed by atoms with Gasteiger partial charge in [-0.05, 0) is 49.7 Å². The summed E-state index contributed by atoms with van der Waals surface area (Å²) in [5.41, 5.74) is 1.44. The second kappa shape index (κ2) is 9.54. The number of ether oxygens (including phenoxy) is 1. The average molecular weight is 408 g/mol. The molecule has 0 aliphatic rings. The minimum Gasteiger partial charge on any atom is -0.492 e. The van der Waals surface area contributed by atoms with E-state index in [-0.39, 0.29) is 19.0 Å². The molecule has 0 aromatic heterocycles. The van der Waals surface area contributed by atoms with E-state index in [9.17, 15) is 17.6 Å². The van der Waals surface area contributed by atoms with Crippen molar-refractivity contribution in [1.29, 1.82) is 0 Å². The van der Waals surface area contributed by atoms with Crippen LogP contribution in [-0.4, -0.2) is 39.8 Å². The van der Waals surface area contributed by atoms with Gasteiger partial charge < -0.3 is 10.1 Å². The van der Waals surface area contributed by atoms with Crippen LogP contribution in [0.25, 0.3) is 0 Å². The molecule has 0 saturated heterocycles. The number of hydrogen-bond donors (Lipinski definition) is 1. The predicted octanol–water partition coefficient (Wildman–Crippen LogP) is 2.87. The molecule has 0 aliphatic carbocycles. The third-order valence-corrected chi connectivity index (χ3v) is 5.28. The Bertz CT molecular complexity index is 883. The van der Waals surface area contributed by atoms with Gasteiger partial charge in [-0.1, -0.05) is 24.6 Å². The highest BCUT2D eigenvalue weighted by Gasteiger charge is 2.31. The number of nitrogens with one attached hydrogen (secondary N) is 1. The molecule has 0 heterocycles. The third kappa shape index (κ3) is 5.95. The molecule has 1 amide bonds. The Morgan fingerprint density at radius 2 is 1.75 bits per heavy atom. The van der Waals surface area contributed by atoms with Gasteiger partial charge in [0.1, 0.15) is 24.2 Å². The maximum Gasteiger partial charge on any atom is 0.244 e. The molecule has 2 rings (SSSR count). The normalized spacial score (nSPS) is 12.3. The fourth-order valence-electron chi connectivity index (χ4n) is 2.74. The van der Waals surface area contributed by atoms with Gasteiger partial charge in [-0.25, -0.2) is 12.8 Å². The highest BCUT2D eigenvalue weighted by Crippen LogP contribution is 2.23. The monoisotopic (exact) mass is 408 g/mol. The molecule has 0 saturated carbocycles. The zero-order chi connectivity index (χ0) is 20.7. The number of carbonyl (C=O) groups is 1. The Kier molecular flexibility index (Phi) is 7.39. The van der Waals surface area contributed by atoms with E-state index >= 15 is 0 Å². The third-order valence-electron chi connectivity index (χ3n) is 4.10. The van der Waals surface area contributed by atoms with Gasteiger partial charge in [0.05, 0.1) is 18.5 Å². The van der Waals surface area contributed by atoms with Gasteiger partial charge in [0, 0.05) is 0 Å². The van der Waals surface area contributed by atoms with Crippen LogP contribution >= 0.6 is 0 Å². The number of carbonyl (C=O) groups excluding carboxylic acids is 1. The van der Waals surface area contributed by atoms with Gasteiger partial charge in [0.15, 0.2) is 0 Å². The fourth-order valence-corrected chi connectivity index (χ4v) is 3.96. The quantitative estimate of drug-likeness (QED) is 0.648. The molecule has 0 radical (unpaired) electrons. The number of benzene rings is 2. The smallest absolute Gasteiger partial charge is 0.244 e. The minimum atomic E-state index is -3.66. The van der Waals surface area contributed by atoms with E-state index in [1.165, 1.54) is 24.3 Å². The maximum atomic E-state index is 12.9. The molecule has 1 N–H and O–H groups in total. The van der Waals surface area contributed by atoms with Crippen molar-refractivity contribution in [2.45, 2.75) is 26.3 Å². The van der Waals surface area contributed by atoms with Crippen molar-refractivity contribution >= 4 is 21.6 Å². The van der Waals surface area contributed by atoms with Crippen LogP contribution in [0.4, 0.5) is 10.1 Å². The van der Waals surface area contributed by atoms with E-state index in [2.05, 4.69) is 5.32 Å². The lowest BCUT2D eigenvalue weighted by Crippen LogP contribution is -2.50. The summed E-state index contributed by atoms with van der Waals surface area (Å²) < 4.78 is 44.2. The standard InChI is InChI=1S/C20H25FN2O4S/c1-4-19(23(28(3,25)26)17-9-5-15(2)6-10-17)20(24)22-13-14-27-18-11-7-16(21)8-12-18/h5-12,19H,4,13-14H2,1-3H3,(H,22,24)/t19-/m1/s1. The zero-order valence-corrected chi connectivity index (χ0v) is 17.0. The first-order chi connectivity index (χ1) is 13.2. The van der Waals surface area contributed by atoms with Crippen molar-refractivity contribution in [3.8, 4) is 5.75 Å². The van der Waals surface area contributed by atoms with E-state index in [1.54, 1.807) is 31.2 Å². The summed E-state index contributed by atoms with van der Waals surface area (Å²) in [7, 11) is -3.66. The number of amides is 1. The molecule has 28 heavy (non-hydrogen) atoms. The molecular formula is C20H25FN2O4S. The summed E-state index contributed by atoms with van der Waals surface area (Å²) in [6.45, 7) is 4.03. The first kappa shape index (κ1) is 21.7. The number of aryl methyl sites for hydroxylation is 1. The van der Waals surface area contributed by atoms with Gasteiger partial charge in [-0.15, -0.1) is 0 Å². The lowest BCUT2D eigenvalue weighted by Gasteiger charge is -2.30. The van der Waals surface area contributed by atoms with Crippen LogP contribution in [0.3, 0.4) is 0 Å². The number of nitrogens with zero attached hydrogens (tertiary/aromatic N) is 1. The first-order valence-electron chi connectivity index (χ1n) is 8.94. The lowest BCUT2D eigenvalue weighted by molar-refractivity contribution is -0.122. The zero-order valence-electron chi connectivity index (χ0n) is 16.2. The molecule has 0 unspecified atom stereocenters. The molecule has 0 spiro atoms. The van der Waals surface area contributed by atoms with E-state index in [0.717, 1.165) is 16.1 Å². The largest absolute Gasteiger partial charge is 0.492 e. The van der Waals surface area contributed by atoms with Crippen molar-refractivity contribution in [3.05, 3.63) is 59.9 Å². The topological polar surface area (TPSA) is 75.7 Å². The highest BCUT2D eigenvalue weighted by molar-refractivity contribution is 7.92. The molecule has 2 aromatic carbocycles. The summed E-state index contributed by atoms with van der Waals surface area (Å²) >= 11 is 0. The number of anilines is 1. The van der Waals surface area contributed by atoms with Gasteiger partial charge in [-0.2, -0.15) is 0 Å². The Morgan fingerprint density at radius 1 is 1.14 bits per heavy atom. The molecule has 1 atom stereocenters. The van der Waals surface area contributed by atoms with Crippen LogP contribution in [0, 0.1) is 12.7 Å². The molecule has 8 heteroatoms. The molecule has 2 aromatic rings. The first-order valence-corrected chi connectivity index (χ1v) is 10.8.